The van der Waals surface area contributed by atoms with Gasteiger partial charge in [-0.05, 0) is 47.7 Å². The number of aliphatic carboxylic acids is 1. The first kappa shape index (κ1) is 30.6. The fourth-order valence-electron chi connectivity index (χ4n) is 4.36. The van der Waals surface area contributed by atoms with Crippen LogP contribution in [0, 0.1) is 0 Å². The Morgan fingerprint density at radius 3 is 0.595 bits per heavy atom. The maximum absolute atomic E-state index is 9.00. The van der Waals surface area contributed by atoms with Gasteiger partial charge in [-0.2, -0.15) is 0 Å². The molecule has 0 amide bonds. The van der Waals surface area contributed by atoms with E-state index in [1.807, 2.05) is 0 Å². The van der Waals surface area contributed by atoms with Crippen LogP contribution >= 0.6 is 15.8 Å². The maximum Gasteiger partial charge on any atom is 0.300 e. The monoisotopic (exact) mass is 584 g/mol. The van der Waals surface area contributed by atoms with Crippen LogP contribution in [0.1, 0.15) is 6.92 Å². The summed E-state index contributed by atoms with van der Waals surface area (Å²) in [4.78, 5) is 9.00. The highest BCUT2D eigenvalue weighted by atomic mass is 31.1. The number of rotatable bonds is 6. The smallest absolute Gasteiger partial charge is 0.300 e. The normalized spacial score (nSPS) is 10.2. The van der Waals surface area contributed by atoms with Gasteiger partial charge in [-0.3, -0.25) is 4.79 Å². The fraction of sp³-hybridized carbons (Fsp3) is 0.0263. The fourth-order valence-corrected chi connectivity index (χ4v) is 8.97. The van der Waals surface area contributed by atoms with Crippen LogP contribution in [0.3, 0.4) is 0 Å². The quantitative estimate of drug-likeness (QED) is 0.215. The third-order valence-corrected chi connectivity index (χ3v) is 11.0. The van der Waals surface area contributed by atoms with Gasteiger partial charge in [-0.1, -0.05) is 182 Å². The summed E-state index contributed by atoms with van der Waals surface area (Å²) < 4.78 is 0. The Balaban J connectivity index is 0.000000171. The predicted molar refractivity (Wildman–Crippen MR) is 184 cm³/mol. The van der Waals surface area contributed by atoms with Crippen LogP contribution in [0.2, 0.25) is 0 Å². The summed E-state index contributed by atoms with van der Waals surface area (Å²) >= 11 is 0. The van der Waals surface area contributed by atoms with Gasteiger partial charge in [0.25, 0.3) is 5.97 Å². The molecule has 0 unspecified atom stereocenters. The van der Waals surface area contributed by atoms with Gasteiger partial charge in [0.1, 0.15) is 0 Å². The molecule has 0 radical (unpaired) electrons. The van der Waals surface area contributed by atoms with Crippen molar-refractivity contribution in [1.29, 1.82) is 0 Å². The summed E-state index contributed by atoms with van der Waals surface area (Å²) in [6.45, 7) is 1.08. The Hall–Kier alpha value is -4.35. The van der Waals surface area contributed by atoms with Gasteiger partial charge in [-0.25, -0.2) is 0 Å². The predicted octanol–water partition coefficient (Wildman–Crippen LogP) is 6.98. The van der Waals surface area contributed by atoms with Crippen LogP contribution in [-0.2, 0) is 4.79 Å². The van der Waals surface area contributed by atoms with Crippen molar-refractivity contribution in [3.63, 3.8) is 0 Å². The third-order valence-electron chi connectivity index (χ3n) is 6.09. The van der Waals surface area contributed by atoms with Crippen molar-refractivity contribution >= 4 is 53.6 Å². The minimum atomic E-state index is -0.833. The lowest BCUT2D eigenvalue weighted by Crippen LogP contribution is -2.20. The minimum Gasteiger partial charge on any atom is -0.481 e. The van der Waals surface area contributed by atoms with Gasteiger partial charge < -0.3 is 5.11 Å². The standard InChI is InChI=1S/2C18H15P.C2H4O2/c2*1-4-10-16(11-5-1)19(17-12-6-2-7-13-17)18-14-8-3-9-15-18;1-2(3)4/h2*1-15H;1H3,(H,3,4). The molecule has 0 bridgehead atoms. The van der Waals surface area contributed by atoms with Gasteiger partial charge in [0.05, 0.1) is 0 Å². The Morgan fingerprint density at radius 2 is 0.476 bits per heavy atom. The average Bonchev–Trinajstić information content (AvgIpc) is 3.05. The van der Waals surface area contributed by atoms with Crippen molar-refractivity contribution in [2.24, 2.45) is 0 Å². The second kappa shape index (κ2) is 16.8. The molecule has 0 atom stereocenters. The highest BCUT2D eigenvalue weighted by Gasteiger charge is 2.16. The highest BCUT2D eigenvalue weighted by Crippen LogP contribution is 2.33. The van der Waals surface area contributed by atoms with Gasteiger partial charge in [0.15, 0.2) is 0 Å². The number of carbonyl (C=O) groups is 1. The van der Waals surface area contributed by atoms with Crippen LogP contribution < -0.4 is 31.8 Å². The number of benzene rings is 6. The van der Waals surface area contributed by atoms with Crippen LogP contribution in [0.25, 0.3) is 0 Å². The molecule has 0 aliphatic rings. The molecular formula is C38H34O2P2. The molecule has 0 spiro atoms. The van der Waals surface area contributed by atoms with Crippen molar-refractivity contribution in [2.75, 3.05) is 0 Å². The molecule has 208 valence electrons. The summed E-state index contributed by atoms with van der Waals surface area (Å²) in [5.74, 6) is -0.833. The van der Waals surface area contributed by atoms with Crippen LogP contribution in [0.5, 0.6) is 0 Å². The molecule has 6 aromatic rings. The summed E-state index contributed by atoms with van der Waals surface area (Å²) in [6.07, 6.45) is 0. The largest absolute Gasteiger partial charge is 0.481 e. The molecule has 6 rings (SSSR count). The molecule has 0 saturated carbocycles. The molecule has 0 aromatic heterocycles. The maximum atomic E-state index is 9.00. The van der Waals surface area contributed by atoms with Gasteiger partial charge in [0.2, 0.25) is 0 Å². The Bertz CT molecular complexity index is 1270. The number of carboxylic acids is 1. The van der Waals surface area contributed by atoms with E-state index in [0.29, 0.717) is 0 Å². The second-order valence-electron chi connectivity index (χ2n) is 9.20. The third kappa shape index (κ3) is 9.35. The van der Waals surface area contributed by atoms with Crippen molar-refractivity contribution in [2.45, 2.75) is 6.92 Å². The molecule has 0 saturated heterocycles. The lowest BCUT2D eigenvalue weighted by molar-refractivity contribution is -0.134. The lowest BCUT2D eigenvalue weighted by Gasteiger charge is -2.18. The number of hydrogen-bond donors (Lipinski definition) is 1. The molecular weight excluding hydrogens is 550 g/mol. The molecule has 2 nitrogen and oxygen atoms in total. The number of carboxylic acid groups (broad SMARTS) is 1. The van der Waals surface area contributed by atoms with E-state index in [1.165, 1.54) is 31.8 Å². The van der Waals surface area contributed by atoms with E-state index in [-0.39, 0.29) is 0 Å². The summed E-state index contributed by atoms with van der Waals surface area (Å²) in [5, 5.41) is 15.8. The molecule has 0 aliphatic heterocycles. The highest BCUT2D eigenvalue weighted by molar-refractivity contribution is 7.80. The van der Waals surface area contributed by atoms with Crippen LogP contribution in [0.4, 0.5) is 0 Å². The number of hydrogen-bond acceptors (Lipinski definition) is 1. The van der Waals surface area contributed by atoms with E-state index in [2.05, 4.69) is 182 Å². The van der Waals surface area contributed by atoms with Crippen LogP contribution in [0.15, 0.2) is 182 Å². The van der Waals surface area contributed by atoms with Gasteiger partial charge in [0, 0.05) is 6.92 Å². The summed E-state index contributed by atoms with van der Waals surface area (Å²) in [6, 6.07) is 64.7. The van der Waals surface area contributed by atoms with Crippen molar-refractivity contribution in [3.8, 4) is 0 Å². The minimum absolute atomic E-state index is 0.446. The molecule has 42 heavy (non-hydrogen) atoms. The van der Waals surface area contributed by atoms with E-state index in [1.54, 1.807) is 0 Å². The zero-order valence-electron chi connectivity index (χ0n) is 23.6. The first-order chi connectivity index (χ1) is 20.6. The Morgan fingerprint density at radius 1 is 0.357 bits per heavy atom. The van der Waals surface area contributed by atoms with Crippen LogP contribution in [-0.4, -0.2) is 11.1 Å². The average molecular weight is 585 g/mol. The molecule has 4 heteroatoms. The molecule has 6 aromatic carbocycles. The van der Waals surface area contributed by atoms with E-state index in [4.69, 9.17) is 9.90 Å². The molecule has 0 fully saturated rings. The zero-order valence-corrected chi connectivity index (χ0v) is 25.4. The van der Waals surface area contributed by atoms with Crippen molar-refractivity contribution in [1.82, 2.24) is 0 Å². The van der Waals surface area contributed by atoms with Gasteiger partial charge in [-0.15, -0.1) is 0 Å². The Labute approximate surface area is 251 Å². The van der Waals surface area contributed by atoms with Crippen molar-refractivity contribution in [3.05, 3.63) is 182 Å². The van der Waals surface area contributed by atoms with Crippen molar-refractivity contribution < 1.29 is 9.90 Å². The first-order valence-corrected chi connectivity index (χ1v) is 16.4. The van der Waals surface area contributed by atoms with E-state index in [0.717, 1.165) is 6.92 Å². The summed E-state index contributed by atoms with van der Waals surface area (Å²) in [5.41, 5.74) is 0. The Kier molecular flexibility index (Phi) is 12.2. The molecule has 0 heterocycles. The molecule has 0 aliphatic carbocycles. The lowest BCUT2D eigenvalue weighted by atomic mass is 10.4. The van der Waals surface area contributed by atoms with E-state index >= 15 is 0 Å². The topological polar surface area (TPSA) is 37.3 Å². The SMILES string of the molecule is CC(=O)O.c1ccc(P(c2ccccc2)c2ccccc2)cc1.c1ccc(P(c2ccccc2)c2ccccc2)cc1. The zero-order chi connectivity index (χ0) is 29.4. The molecule has 1 N–H and O–H groups in total. The van der Waals surface area contributed by atoms with E-state index < -0.39 is 21.8 Å². The summed E-state index contributed by atoms with van der Waals surface area (Å²) in [7, 11) is -0.892. The second-order valence-corrected chi connectivity index (χ2v) is 13.6. The first-order valence-electron chi connectivity index (χ1n) is 13.7. The van der Waals surface area contributed by atoms with Gasteiger partial charge >= 0.3 is 0 Å². The van der Waals surface area contributed by atoms with E-state index in [9.17, 15) is 0 Å².